The predicted octanol–water partition coefficient (Wildman–Crippen LogP) is 18.0. The van der Waals surface area contributed by atoms with Crippen LogP contribution in [0.5, 0.6) is 0 Å². The summed E-state index contributed by atoms with van der Waals surface area (Å²) in [6.07, 6.45) is 0. The number of para-hydroxylation sites is 1. The highest BCUT2D eigenvalue weighted by Gasteiger charge is 2.30. The van der Waals surface area contributed by atoms with Gasteiger partial charge < -0.3 is 13.6 Å². The van der Waals surface area contributed by atoms with Gasteiger partial charge in [0.05, 0.1) is 50.0 Å². The van der Waals surface area contributed by atoms with Crippen molar-refractivity contribution in [1.82, 2.24) is 24.1 Å². The Morgan fingerprint density at radius 3 is 1.16 bits per heavy atom. The van der Waals surface area contributed by atoms with E-state index in [1.807, 2.05) is 72.8 Å². The molecule has 7 nitrogen and oxygen atoms in total. The molecule has 0 amide bonds. The Morgan fingerprint density at radius 1 is 0.387 bits per heavy atom. The van der Waals surface area contributed by atoms with Crippen LogP contribution in [0.4, 0.5) is 0 Å². The molecule has 0 unspecified atom stereocenters. The Labute approximate surface area is 439 Å². The number of fused-ring (bicyclic) bond motifs is 9. The summed E-state index contributed by atoms with van der Waals surface area (Å²) in [7, 11) is 0. The molecule has 0 spiro atoms. The maximum atomic E-state index is 11.9. The fourth-order valence-corrected chi connectivity index (χ4v) is 10.9. The normalized spacial score (nSPS) is 12.8. The van der Waals surface area contributed by atoms with Crippen molar-refractivity contribution in [1.29, 1.82) is 5.26 Å². The Kier molecular flexibility index (Phi) is 10.7. The Morgan fingerprint density at radius 2 is 0.773 bits per heavy atom. The van der Waals surface area contributed by atoms with Crippen molar-refractivity contribution in [3.63, 3.8) is 0 Å². The number of aromatic nitrogens is 5. The van der Waals surface area contributed by atoms with E-state index in [1.54, 1.807) is 0 Å². The third-order valence-corrected chi connectivity index (χ3v) is 15.3. The molecule has 75 heavy (non-hydrogen) atoms. The van der Waals surface area contributed by atoms with Gasteiger partial charge in [0, 0.05) is 38.1 Å². The van der Waals surface area contributed by atoms with Crippen molar-refractivity contribution in [3.8, 4) is 51.6 Å². The van der Waals surface area contributed by atoms with E-state index in [0.717, 1.165) is 76.9 Å². The lowest BCUT2D eigenvalue weighted by Crippen LogP contribution is -2.10. The molecular weight excluding hydrogens is 917 g/mol. The third-order valence-electron chi connectivity index (χ3n) is 15.3. The molecule has 12 aromatic rings. The maximum absolute atomic E-state index is 11.9. The number of hydrogen-bond acceptors (Lipinski definition) is 5. The molecule has 0 bridgehead atoms. The summed E-state index contributed by atoms with van der Waals surface area (Å²) in [6, 6.07) is 58.7. The van der Waals surface area contributed by atoms with E-state index in [1.165, 1.54) is 22.3 Å². The highest BCUT2D eigenvalue weighted by Crippen LogP contribution is 2.47. The molecule has 0 atom stereocenters. The highest BCUT2D eigenvalue weighted by atomic mass is 16.3. The topological polar surface area (TPSA) is 85.5 Å². The van der Waals surface area contributed by atoms with Gasteiger partial charge in [-0.2, -0.15) is 5.26 Å². The first-order valence-electron chi connectivity index (χ1n) is 26.2. The van der Waals surface area contributed by atoms with E-state index < -0.39 is 0 Å². The van der Waals surface area contributed by atoms with Crippen LogP contribution in [-0.4, -0.2) is 24.1 Å². The van der Waals surface area contributed by atoms with E-state index in [4.69, 9.17) is 19.4 Å². The van der Waals surface area contributed by atoms with E-state index in [9.17, 15) is 5.26 Å². The average molecular weight is 979 g/mol. The summed E-state index contributed by atoms with van der Waals surface area (Å²) in [5.41, 5.74) is 14.6. The van der Waals surface area contributed by atoms with E-state index in [2.05, 4.69) is 183 Å². The fourth-order valence-electron chi connectivity index (χ4n) is 10.9. The quantitative estimate of drug-likeness (QED) is 0.171. The van der Waals surface area contributed by atoms with Gasteiger partial charge in [-0.15, -0.1) is 0 Å². The largest absolute Gasteiger partial charge is 0.453 e. The summed E-state index contributed by atoms with van der Waals surface area (Å²) in [5.74, 6) is 1.58. The minimum atomic E-state index is -0.0833. The molecule has 8 aromatic carbocycles. The number of nitriles is 1. The van der Waals surface area contributed by atoms with Gasteiger partial charge in [0.15, 0.2) is 23.1 Å². The molecular formula is C68H62N6O. The van der Waals surface area contributed by atoms with Crippen molar-refractivity contribution in [2.75, 3.05) is 0 Å². The standard InChI is InChI=1S/C68H62N6O/c1-65(2,3)42-26-30-53-48(34-42)49-35-43(66(4,5)6)27-31-54(49)73(53)57-38-58(74-55-32-28-44(67(7,8)9)36-50(55)51-37-45(68(10,11)12)29-33-56(51)74)61-59(52(57)39-69)46-24-19-25-47(60(46)75-61)64-71-62(40-20-15-13-16-21-40)70-63(72-64)41-22-17-14-18-23-41/h13-38H,1-12H3. The average Bonchev–Trinajstić information content (AvgIpc) is 4.09. The Bertz CT molecular complexity index is 4120. The number of nitrogens with zero attached hydrogens (tertiary/aromatic N) is 6. The van der Waals surface area contributed by atoms with Crippen LogP contribution in [0.25, 0.3) is 111 Å². The van der Waals surface area contributed by atoms with Gasteiger partial charge in [-0.25, -0.2) is 15.0 Å². The van der Waals surface area contributed by atoms with Crippen molar-refractivity contribution < 1.29 is 4.42 Å². The second kappa shape index (κ2) is 16.8. The zero-order valence-corrected chi connectivity index (χ0v) is 45.1. The van der Waals surface area contributed by atoms with Crippen molar-refractivity contribution in [3.05, 3.63) is 186 Å². The molecule has 0 radical (unpaired) electrons. The first kappa shape index (κ1) is 47.7. The van der Waals surface area contributed by atoms with Gasteiger partial charge in [0.2, 0.25) is 0 Å². The van der Waals surface area contributed by atoms with Gasteiger partial charge in [-0.05, 0) is 105 Å². The fraction of sp³-hybridized carbons (Fsp3) is 0.235. The Balaban J connectivity index is 1.25. The molecule has 0 saturated heterocycles. The molecule has 0 aliphatic rings. The maximum Gasteiger partial charge on any atom is 0.167 e. The van der Waals surface area contributed by atoms with Crippen LogP contribution in [-0.2, 0) is 21.7 Å². The van der Waals surface area contributed by atoms with Crippen LogP contribution >= 0.6 is 0 Å². The smallest absolute Gasteiger partial charge is 0.167 e. The zero-order valence-electron chi connectivity index (χ0n) is 45.1. The number of furan rings is 1. The van der Waals surface area contributed by atoms with Crippen LogP contribution in [0.3, 0.4) is 0 Å². The molecule has 0 saturated carbocycles. The lowest BCUT2D eigenvalue weighted by molar-refractivity contribution is 0.590. The number of benzene rings is 8. The van der Waals surface area contributed by atoms with Crippen LogP contribution in [0.2, 0.25) is 0 Å². The van der Waals surface area contributed by atoms with Gasteiger partial charge >= 0.3 is 0 Å². The molecule has 4 aromatic heterocycles. The summed E-state index contributed by atoms with van der Waals surface area (Å²) in [4.78, 5) is 15.4. The highest BCUT2D eigenvalue weighted by molar-refractivity contribution is 6.18. The van der Waals surface area contributed by atoms with Crippen molar-refractivity contribution in [2.24, 2.45) is 0 Å². The van der Waals surface area contributed by atoms with Crippen LogP contribution in [0, 0.1) is 11.3 Å². The first-order chi connectivity index (χ1) is 35.7. The van der Waals surface area contributed by atoms with E-state index >= 15 is 0 Å². The lowest BCUT2D eigenvalue weighted by atomic mass is 9.85. The van der Waals surface area contributed by atoms with E-state index in [0.29, 0.717) is 39.8 Å². The molecule has 0 aliphatic carbocycles. The molecule has 0 aliphatic heterocycles. The predicted molar refractivity (Wildman–Crippen MR) is 312 cm³/mol. The van der Waals surface area contributed by atoms with Gasteiger partial charge in [-0.3, -0.25) is 0 Å². The molecule has 12 rings (SSSR count). The molecule has 4 heterocycles. The van der Waals surface area contributed by atoms with Crippen LogP contribution < -0.4 is 0 Å². The summed E-state index contributed by atoms with van der Waals surface area (Å²) in [5, 5.41) is 18.0. The van der Waals surface area contributed by atoms with Crippen molar-refractivity contribution in [2.45, 2.75) is 105 Å². The van der Waals surface area contributed by atoms with Crippen molar-refractivity contribution >= 4 is 65.6 Å². The second-order valence-electron chi connectivity index (χ2n) is 24.5. The summed E-state index contributed by atoms with van der Waals surface area (Å²) in [6.45, 7) is 27.2. The SMILES string of the molecule is CC(C)(C)c1ccc2c(c1)c1cc(C(C)(C)C)ccc1n2-c1cc(-n2c3ccc(C(C)(C)C)cc3c3cc(C(C)(C)C)ccc32)c2oc3c(-c4nc(-c5ccccc5)nc(-c5ccccc5)n4)cccc3c2c1C#N. The minimum Gasteiger partial charge on any atom is -0.453 e. The minimum absolute atomic E-state index is 0.0830. The van der Waals surface area contributed by atoms with Gasteiger partial charge in [0.25, 0.3) is 0 Å². The lowest BCUT2D eigenvalue weighted by Gasteiger charge is -2.20. The van der Waals surface area contributed by atoms with E-state index in [-0.39, 0.29) is 21.7 Å². The number of hydrogen-bond donors (Lipinski definition) is 0. The molecule has 0 N–H and O–H groups in total. The van der Waals surface area contributed by atoms with Gasteiger partial charge in [-0.1, -0.05) is 180 Å². The first-order valence-corrected chi connectivity index (χ1v) is 26.2. The monoisotopic (exact) mass is 978 g/mol. The summed E-state index contributed by atoms with van der Waals surface area (Å²) < 4.78 is 12.1. The molecule has 7 heteroatoms. The van der Waals surface area contributed by atoms with Crippen LogP contribution in [0.15, 0.2) is 162 Å². The second-order valence-corrected chi connectivity index (χ2v) is 24.5. The van der Waals surface area contributed by atoms with Crippen LogP contribution in [0.1, 0.15) is 111 Å². The molecule has 0 fully saturated rings. The summed E-state index contributed by atoms with van der Waals surface area (Å²) >= 11 is 0. The zero-order chi connectivity index (χ0) is 52.5. The molecule has 370 valence electrons. The number of rotatable bonds is 5. The Hall–Kier alpha value is -8.34. The third kappa shape index (κ3) is 7.89. The van der Waals surface area contributed by atoms with Gasteiger partial charge in [0.1, 0.15) is 11.7 Å².